The van der Waals surface area contributed by atoms with Gasteiger partial charge >= 0.3 is 5.97 Å². The number of phenols is 1. The molecule has 0 aliphatic heterocycles. The number of rotatable bonds is 7. The van der Waals surface area contributed by atoms with Gasteiger partial charge in [-0.15, -0.1) is 0 Å². The van der Waals surface area contributed by atoms with E-state index in [0.29, 0.717) is 19.3 Å². The second-order valence-corrected chi connectivity index (χ2v) is 6.61. The standard InChI is InChI=1S/C14H21NO5S/c1-4-14(5-2,6-3)15-21(19,20)10-7-8-12(16)11(9-10)13(17)18/h7-9,15-16H,4-6H2,1-3H3,(H,17,18). The lowest BCUT2D eigenvalue weighted by Crippen LogP contribution is -2.46. The molecule has 3 N–H and O–H groups in total. The van der Waals surface area contributed by atoms with Gasteiger partial charge in [0, 0.05) is 5.54 Å². The van der Waals surface area contributed by atoms with Crippen LogP contribution in [0.5, 0.6) is 5.75 Å². The van der Waals surface area contributed by atoms with Crippen LogP contribution < -0.4 is 4.72 Å². The molecule has 0 saturated heterocycles. The van der Waals surface area contributed by atoms with Crippen LogP contribution in [0.3, 0.4) is 0 Å². The van der Waals surface area contributed by atoms with Crippen molar-refractivity contribution < 1.29 is 23.4 Å². The first-order chi connectivity index (χ1) is 9.71. The van der Waals surface area contributed by atoms with E-state index in [4.69, 9.17) is 5.11 Å². The third-order valence-corrected chi connectivity index (χ3v) is 5.47. The number of aromatic hydroxyl groups is 1. The Morgan fingerprint density at radius 3 is 2.14 bits per heavy atom. The minimum Gasteiger partial charge on any atom is -0.507 e. The number of carboxylic acids is 1. The summed E-state index contributed by atoms with van der Waals surface area (Å²) in [6.07, 6.45) is 1.88. The van der Waals surface area contributed by atoms with Crippen molar-refractivity contribution in [3.63, 3.8) is 0 Å². The zero-order valence-electron chi connectivity index (χ0n) is 12.4. The Morgan fingerprint density at radius 2 is 1.71 bits per heavy atom. The van der Waals surface area contributed by atoms with Gasteiger partial charge in [0.2, 0.25) is 10.0 Å². The van der Waals surface area contributed by atoms with E-state index in [2.05, 4.69) is 4.72 Å². The summed E-state index contributed by atoms with van der Waals surface area (Å²) >= 11 is 0. The van der Waals surface area contributed by atoms with E-state index in [-0.39, 0.29) is 4.90 Å². The van der Waals surface area contributed by atoms with Crippen LogP contribution in [0, 0.1) is 0 Å². The summed E-state index contributed by atoms with van der Waals surface area (Å²) in [7, 11) is -3.85. The van der Waals surface area contributed by atoms with Gasteiger partial charge in [0.25, 0.3) is 0 Å². The Kier molecular flexibility index (Phi) is 5.36. The maximum atomic E-state index is 12.4. The van der Waals surface area contributed by atoms with E-state index in [0.717, 1.165) is 12.1 Å². The minimum atomic E-state index is -3.85. The number of benzene rings is 1. The van der Waals surface area contributed by atoms with Crippen LogP contribution in [0.25, 0.3) is 0 Å². The van der Waals surface area contributed by atoms with Crippen molar-refractivity contribution in [2.45, 2.75) is 50.5 Å². The van der Waals surface area contributed by atoms with E-state index in [1.165, 1.54) is 6.07 Å². The Balaban J connectivity index is 3.26. The summed E-state index contributed by atoms with van der Waals surface area (Å²) in [6, 6.07) is 3.23. The van der Waals surface area contributed by atoms with Gasteiger partial charge in [-0.25, -0.2) is 17.9 Å². The zero-order valence-corrected chi connectivity index (χ0v) is 13.2. The Labute approximate surface area is 124 Å². The molecule has 0 aromatic heterocycles. The molecule has 0 heterocycles. The largest absolute Gasteiger partial charge is 0.507 e. The summed E-state index contributed by atoms with van der Waals surface area (Å²) in [4.78, 5) is 10.8. The number of aromatic carboxylic acids is 1. The lowest BCUT2D eigenvalue weighted by Gasteiger charge is -2.31. The van der Waals surface area contributed by atoms with Crippen LogP contribution in [-0.2, 0) is 10.0 Å². The van der Waals surface area contributed by atoms with Crippen molar-refractivity contribution >= 4 is 16.0 Å². The van der Waals surface area contributed by atoms with Gasteiger partial charge < -0.3 is 10.2 Å². The van der Waals surface area contributed by atoms with Crippen LogP contribution in [0.4, 0.5) is 0 Å². The number of hydrogen-bond donors (Lipinski definition) is 3. The lowest BCUT2D eigenvalue weighted by molar-refractivity contribution is 0.0693. The van der Waals surface area contributed by atoms with Crippen molar-refractivity contribution in [3.05, 3.63) is 23.8 Å². The molecule has 0 aliphatic carbocycles. The van der Waals surface area contributed by atoms with E-state index in [1.54, 1.807) is 0 Å². The first-order valence-corrected chi connectivity index (χ1v) is 8.30. The third kappa shape index (κ3) is 3.74. The molecular weight excluding hydrogens is 294 g/mol. The molecule has 6 nitrogen and oxygen atoms in total. The molecule has 1 aromatic rings. The first-order valence-electron chi connectivity index (χ1n) is 6.81. The van der Waals surface area contributed by atoms with Crippen molar-refractivity contribution in [3.8, 4) is 5.75 Å². The molecule has 1 rings (SSSR count). The number of hydrogen-bond acceptors (Lipinski definition) is 4. The molecule has 1 aromatic carbocycles. The first kappa shape index (κ1) is 17.5. The molecule has 0 unspecified atom stereocenters. The second kappa shape index (κ2) is 6.44. The fourth-order valence-electron chi connectivity index (χ4n) is 2.16. The van der Waals surface area contributed by atoms with Crippen molar-refractivity contribution in [1.29, 1.82) is 0 Å². The summed E-state index contributed by atoms with van der Waals surface area (Å²) in [5.41, 5.74) is -0.993. The molecule has 0 amide bonds. The third-order valence-electron chi connectivity index (χ3n) is 3.89. The Hall–Kier alpha value is -1.60. The average molecular weight is 315 g/mol. The van der Waals surface area contributed by atoms with E-state index in [1.807, 2.05) is 20.8 Å². The predicted molar refractivity (Wildman–Crippen MR) is 79.0 cm³/mol. The van der Waals surface area contributed by atoms with Crippen LogP contribution in [-0.4, -0.2) is 30.1 Å². The van der Waals surface area contributed by atoms with Crippen molar-refractivity contribution in [2.24, 2.45) is 0 Å². The SMILES string of the molecule is CCC(CC)(CC)NS(=O)(=O)c1ccc(O)c(C(=O)O)c1. The molecule has 21 heavy (non-hydrogen) atoms. The van der Waals surface area contributed by atoms with Crippen LogP contribution >= 0.6 is 0 Å². The van der Waals surface area contributed by atoms with Crippen LogP contribution in [0.2, 0.25) is 0 Å². The zero-order chi connectivity index (χ0) is 16.3. The number of nitrogens with one attached hydrogen (secondary N) is 1. The highest BCUT2D eigenvalue weighted by molar-refractivity contribution is 7.89. The van der Waals surface area contributed by atoms with E-state index >= 15 is 0 Å². The van der Waals surface area contributed by atoms with Crippen molar-refractivity contribution in [2.75, 3.05) is 0 Å². The molecule has 0 bridgehead atoms. The van der Waals surface area contributed by atoms with E-state index in [9.17, 15) is 18.3 Å². The number of sulfonamides is 1. The predicted octanol–water partition coefficient (Wildman–Crippen LogP) is 2.34. The molecule has 0 saturated carbocycles. The van der Waals surface area contributed by atoms with Gasteiger partial charge in [0.1, 0.15) is 11.3 Å². The molecule has 7 heteroatoms. The quantitative estimate of drug-likeness (QED) is 0.716. The average Bonchev–Trinajstić information content (AvgIpc) is 2.44. The topological polar surface area (TPSA) is 104 Å². The summed E-state index contributed by atoms with van der Waals surface area (Å²) in [5.74, 6) is -1.84. The van der Waals surface area contributed by atoms with Gasteiger partial charge in [-0.3, -0.25) is 0 Å². The molecule has 0 spiro atoms. The highest BCUT2D eigenvalue weighted by Gasteiger charge is 2.31. The van der Waals surface area contributed by atoms with Gasteiger partial charge in [-0.1, -0.05) is 20.8 Å². The fourth-order valence-corrected chi connectivity index (χ4v) is 3.81. The molecular formula is C14H21NO5S. The maximum absolute atomic E-state index is 12.4. The highest BCUT2D eigenvalue weighted by Crippen LogP contribution is 2.25. The van der Waals surface area contributed by atoms with Gasteiger partial charge in [0.15, 0.2) is 0 Å². The number of carbonyl (C=O) groups is 1. The fraction of sp³-hybridized carbons (Fsp3) is 0.500. The van der Waals surface area contributed by atoms with Crippen LogP contribution in [0.1, 0.15) is 50.4 Å². The van der Waals surface area contributed by atoms with Crippen LogP contribution in [0.15, 0.2) is 23.1 Å². The number of carboxylic acid groups (broad SMARTS) is 1. The summed E-state index contributed by atoms with van der Waals surface area (Å²) in [6.45, 7) is 5.69. The second-order valence-electron chi connectivity index (χ2n) is 4.93. The van der Waals surface area contributed by atoms with Gasteiger partial charge in [-0.2, -0.15) is 0 Å². The molecule has 118 valence electrons. The highest BCUT2D eigenvalue weighted by atomic mass is 32.2. The minimum absolute atomic E-state index is 0.169. The maximum Gasteiger partial charge on any atom is 0.339 e. The molecule has 0 fully saturated rings. The Morgan fingerprint density at radius 1 is 1.19 bits per heavy atom. The van der Waals surface area contributed by atoms with Crippen molar-refractivity contribution in [1.82, 2.24) is 4.72 Å². The Bertz CT molecular complexity index is 612. The van der Waals surface area contributed by atoms with E-state index < -0.39 is 32.8 Å². The summed E-state index contributed by atoms with van der Waals surface area (Å²) in [5, 5.41) is 18.4. The molecule has 0 atom stereocenters. The lowest BCUT2D eigenvalue weighted by atomic mass is 9.91. The van der Waals surface area contributed by atoms with Gasteiger partial charge in [0.05, 0.1) is 4.90 Å². The van der Waals surface area contributed by atoms with Gasteiger partial charge in [-0.05, 0) is 37.5 Å². The summed E-state index contributed by atoms with van der Waals surface area (Å²) < 4.78 is 27.5. The normalized spacial score (nSPS) is 12.3. The molecule has 0 radical (unpaired) electrons. The molecule has 0 aliphatic rings. The smallest absolute Gasteiger partial charge is 0.339 e. The monoisotopic (exact) mass is 315 g/mol.